The molecule has 1 fully saturated rings. The third-order valence-corrected chi connectivity index (χ3v) is 3.69. The smallest absolute Gasteiger partial charge is 0.239 e. The van der Waals surface area contributed by atoms with Gasteiger partial charge in [0, 0.05) is 19.0 Å². The van der Waals surface area contributed by atoms with E-state index in [2.05, 4.69) is 16.0 Å². The van der Waals surface area contributed by atoms with Crippen molar-refractivity contribution in [3.05, 3.63) is 29.8 Å². The van der Waals surface area contributed by atoms with E-state index < -0.39 is 0 Å². The summed E-state index contributed by atoms with van der Waals surface area (Å²) in [6.45, 7) is 1.42. The number of carbonyl (C=O) groups excluding carboxylic acids is 2. The van der Waals surface area contributed by atoms with E-state index >= 15 is 0 Å². The van der Waals surface area contributed by atoms with Crippen LogP contribution in [0.15, 0.2) is 24.3 Å². The quantitative estimate of drug-likeness (QED) is 0.688. The van der Waals surface area contributed by atoms with Gasteiger partial charge in [0.15, 0.2) is 0 Å². The molecule has 0 saturated carbocycles. The zero-order valence-corrected chi connectivity index (χ0v) is 12.9. The molecule has 1 aromatic carbocycles. The first-order chi connectivity index (χ1) is 10.7. The number of rotatable bonds is 7. The lowest BCUT2D eigenvalue weighted by atomic mass is 10.1. The Morgan fingerprint density at radius 3 is 2.64 bits per heavy atom. The summed E-state index contributed by atoms with van der Waals surface area (Å²) in [6.07, 6.45) is 2.57. The highest BCUT2D eigenvalue weighted by atomic mass is 16.5. The van der Waals surface area contributed by atoms with Gasteiger partial charge in [-0.25, -0.2) is 0 Å². The molecule has 22 heavy (non-hydrogen) atoms. The Labute approximate surface area is 130 Å². The van der Waals surface area contributed by atoms with Crippen LogP contribution in [-0.4, -0.2) is 38.1 Å². The second-order valence-corrected chi connectivity index (χ2v) is 5.40. The first kappa shape index (κ1) is 16.3. The van der Waals surface area contributed by atoms with Gasteiger partial charge in [0.05, 0.1) is 13.7 Å². The maximum Gasteiger partial charge on any atom is 0.239 e. The predicted octanol–water partition coefficient (Wildman–Crippen LogP) is 0.570. The van der Waals surface area contributed by atoms with Crippen molar-refractivity contribution in [1.29, 1.82) is 0 Å². The molecule has 0 bridgehead atoms. The van der Waals surface area contributed by atoms with E-state index in [-0.39, 0.29) is 24.4 Å². The summed E-state index contributed by atoms with van der Waals surface area (Å²) in [4.78, 5) is 23.4. The molecule has 1 aliphatic rings. The van der Waals surface area contributed by atoms with Gasteiger partial charge in [-0.1, -0.05) is 12.1 Å². The summed E-state index contributed by atoms with van der Waals surface area (Å²) in [7, 11) is 1.61. The molecule has 2 amide bonds. The third kappa shape index (κ3) is 5.37. The molecular formula is C16H23N3O3. The largest absolute Gasteiger partial charge is 0.497 e. The first-order valence-electron chi connectivity index (χ1n) is 7.57. The van der Waals surface area contributed by atoms with Crippen molar-refractivity contribution in [3.8, 4) is 5.75 Å². The maximum absolute atomic E-state index is 11.7. The highest BCUT2D eigenvalue weighted by Gasteiger charge is 2.17. The Hall–Kier alpha value is -2.08. The third-order valence-electron chi connectivity index (χ3n) is 3.69. The van der Waals surface area contributed by atoms with Gasteiger partial charge in [-0.15, -0.1) is 0 Å². The van der Waals surface area contributed by atoms with Crippen LogP contribution < -0.4 is 20.7 Å². The Morgan fingerprint density at radius 2 is 2.00 bits per heavy atom. The van der Waals surface area contributed by atoms with Crippen LogP contribution in [-0.2, 0) is 16.1 Å². The van der Waals surface area contributed by atoms with Crippen LogP contribution in [0.5, 0.6) is 5.75 Å². The highest BCUT2D eigenvalue weighted by Crippen LogP contribution is 2.11. The Kier molecular flexibility index (Phi) is 6.21. The van der Waals surface area contributed by atoms with Crippen molar-refractivity contribution in [2.75, 3.05) is 20.2 Å². The van der Waals surface area contributed by atoms with Crippen LogP contribution in [0.3, 0.4) is 0 Å². The van der Waals surface area contributed by atoms with Gasteiger partial charge in [0.1, 0.15) is 5.75 Å². The van der Waals surface area contributed by atoms with Crippen LogP contribution in [0.2, 0.25) is 0 Å². The van der Waals surface area contributed by atoms with Gasteiger partial charge in [-0.2, -0.15) is 0 Å². The SMILES string of the molecule is COc1ccc(CNC(=O)CNC(=O)CC2CCCN2)cc1. The van der Waals surface area contributed by atoms with Crippen LogP contribution in [0.1, 0.15) is 24.8 Å². The Balaban J connectivity index is 1.63. The fourth-order valence-corrected chi connectivity index (χ4v) is 2.41. The first-order valence-corrected chi connectivity index (χ1v) is 7.57. The van der Waals surface area contributed by atoms with Crippen LogP contribution in [0, 0.1) is 0 Å². The Morgan fingerprint density at radius 1 is 1.23 bits per heavy atom. The number of amides is 2. The molecule has 1 aromatic rings. The van der Waals surface area contributed by atoms with Crippen molar-refractivity contribution in [3.63, 3.8) is 0 Å². The number of hydrogen-bond donors (Lipinski definition) is 3. The molecule has 0 aliphatic carbocycles. The van der Waals surface area contributed by atoms with Gasteiger partial charge in [-0.3, -0.25) is 9.59 Å². The second kappa shape index (κ2) is 8.38. The molecule has 1 saturated heterocycles. The molecule has 2 rings (SSSR count). The van der Waals surface area contributed by atoms with E-state index in [1.165, 1.54) is 0 Å². The fraction of sp³-hybridized carbons (Fsp3) is 0.500. The molecule has 6 heteroatoms. The summed E-state index contributed by atoms with van der Waals surface area (Å²) >= 11 is 0. The van der Waals surface area contributed by atoms with E-state index in [0.29, 0.717) is 13.0 Å². The van der Waals surface area contributed by atoms with Gasteiger partial charge in [0.2, 0.25) is 11.8 Å². The van der Waals surface area contributed by atoms with Gasteiger partial charge < -0.3 is 20.7 Å². The molecule has 6 nitrogen and oxygen atoms in total. The molecule has 1 unspecified atom stereocenters. The zero-order valence-electron chi connectivity index (χ0n) is 12.9. The van der Waals surface area contributed by atoms with Gasteiger partial charge in [0.25, 0.3) is 0 Å². The number of hydrogen-bond acceptors (Lipinski definition) is 4. The summed E-state index contributed by atoms with van der Waals surface area (Å²) in [5, 5.41) is 8.69. The minimum absolute atomic E-state index is 0.0156. The molecule has 1 aliphatic heterocycles. The number of carbonyl (C=O) groups is 2. The fourth-order valence-electron chi connectivity index (χ4n) is 2.41. The number of nitrogens with one attached hydrogen (secondary N) is 3. The Bertz CT molecular complexity index is 496. The van der Waals surface area contributed by atoms with Crippen LogP contribution in [0.4, 0.5) is 0 Å². The molecular weight excluding hydrogens is 282 g/mol. The van der Waals surface area contributed by atoms with E-state index in [9.17, 15) is 9.59 Å². The van der Waals surface area contributed by atoms with E-state index in [1.54, 1.807) is 7.11 Å². The van der Waals surface area contributed by atoms with Crippen molar-refractivity contribution < 1.29 is 14.3 Å². The molecule has 0 radical (unpaired) electrons. The monoisotopic (exact) mass is 305 g/mol. The van der Waals surface area contributed by atoms with Crippen molar-refractivity contribution >= 4 is 11.8 Å². The van der Waals surface area contributed by atoms with Gasteiger partial charge >= 0.3 is 0 Å². The second-order valence-electron chi connectivity index (χ2n) is 5.40. The standard InChI is InChI=1S/C16H23N3O3/c1-22-14-6-4-12(5-7-14)10-18-16(21)11-19-15(20)9-13-3-2-8-17-13/h4-7,13,17H,2-3,8-11H2,1H3,(H,18,21)(H,19,20). The summed E-state index contributed by atoms with van der Waals surface area (Å²) in [5.41, 5.74) is 0.982. The molecule has 0 aromatic heterocycles. The highest BCUT2D eigenvalue weighted by molar-refractivity contribution is 5.84. The normalized spacial score (nSPS) is 17.0. The average Bonchev–Trinajstić information content (AvgIpc) is 3.04. The predicted molar refractivity (Wildman–Crippen MR) is 83.5 cm³/mol. The maximum atomic E-state index is 11.7. The number of ether oxygens (including phenoxy) is 1. The molecule has 120 valence electrons. The van der Waals surface area contributed by atoms with E-state index in [4.69, 9.17) is 4.74 Å². The molecule has 1 heterocycles. The number of methoxy groups -OCH3 is 1. The topological polar surface area (TPSA) is 79.5 Å². The summed E-state index contributed by atoms with van der Waals surface area (Å²) in [5.74, 6) is 0.505. The van der Waals surface area contributed by atoms with Crippen LogP contribution in [0.25, 0.3) is 0 Å². The summed E-state index contributed by atoms with van der Waals surface area (Å²) < 4.78 is 5.07. The van der Waals surface area contributed by atoms with Crippen LogP contribution >= 0.6 is 0 Å². The summed E-state index contributed by atoms with van der Waals surface area (Å²) in [6, 6.07) is 7.73. The lowest BCUT2D eigenvalue weighted by Gasteiger charge is -2.10. The molecule has 3 N–H and O–H groups in total. The van der Waals surface area contributed by atoms with Crippen molar-refractivity contribution in [2.24, 2.45) is 0 Å². The minimum atomic E-state index is -0.191. The zero-order chi connectivity index (χ0) is 15.8. The lowest BCUT2D eigenvalue weighted by Crippen LogP contribution is -2.38. The average molecular weight is 305 g/mol. The van der Waals surface area contributed by atoms with Gasteiger partial charge in [-0.05, 0) is 37.1 Å². The van der Waals surface area contributed by atoms with Crippen molar-refractivity contribution in [2.45, 2.75) is 31.8 Å². The number of benzene rings is 1. The molecule has 1 atom stereocenters. The molecule has 0 spiro atoms. The lowest BCUT2D eigenvalue weighted by molar-refractivity contribution is -0.126. The van der Waals surface area contributed by atoms with E-state index in [0.717, 1.165) is 30.7 Å². The minimum Gasteiger partial charge on any atom is -0.497 e. The van der Waals surface area contributed by atoms with E-state index in [1.807, 2.05) is 24.3 Å². The van der Waals surface area contributed by atoms with Crippen molar-refractivity contribution in [1.82, 2.24) is 16.0 Å².